The first-order valence-electron chi connectivity index (χ1n) is 7.34. The summed E-state index contributed by atoms with van der Waals surface area (Å²) >= 11 is 0. The average Bonchev–Trinajstić information content (AvgIpc) is 3.01. The molecule has 1 unspecified atom stereocenters. The van der Waals surface area contributed by atoms with Crippen molar-refractivity contribution in [2.75, 3.05) is 11.9 Å². The Hall–Kier alpha value is -1.85. The number of rotatable bonds is 4. The van der Waals surface area contributed by atoms with Crippen molar-refractivity contribution in [3.8, 4) is 0 Å². The van der Waals surface area contributed by atoms with Crippen LogP contribution in [0.3, 0.4) is 0 Å². The number of aryl methyl sites for hydroxylation is 1. The van der Waals surface area contributed by atoms with Gasteiger partial charge < -0.3 is 10.2 Å². The second-order valence-corrected chi connectivity index (χ2v) is 5.58. The molecule has 20 heavy (non-hydrogen) atoms. The first-order valence-corrected chi connectivity index (χ1v) is 7.34. The summed E-state index contributed by atoms with van der Waals surface area (Å²) in [5.41, 5.74) is 0.983. The molecular weight excluding hydrogens is 256 g/mol. The Labute approximate surface area is 117 Å². The first kappa shape index (κ1) is 13.1. The zero-order chi connectivity index (χ0) is 14.1. The summed E-state index contributed by atoms with van der Waals surface area (Å²) in [7, 11) is 0. The molecule has 6 nitrogen and oxygen atoms in total. The van der Waals surface area contributed by atoms with Crippen LogP contribution in [0.4, 0.5) is 5.82 Å². The molecule has 2 aliphatic rings. The van der Waals surface area contributed by atoms with Gasteiger partial charge in [-0.1, -0.05) is 6.92 Å². The largest absolute Gasteiger partial charge is 0.330 e. The topological polar surface area (TPSA) is 78.1 Å². The van der Waals surface area contributed by atoms with E-state index in [1.807, 2.05) is 6.92 Å². The van der Waals surface area contributed by atoms with Gasteiger partial charge >= 0.3 is 0 Å². The lowest BCUT2D eigenvalue weighted by Crippen LogP contribution is -2.44. The summed E-state index contributed by atoms with van der Waals surface area (Å²) in [6.07, 6.45) is 6.13. The number of anilines is 1. The molecule has 0 aromatic carbocycles. The number of nitrogens with one attached hydrogen (secondary N) is 2. The van der Waals surface area contributed by atoms with Crippen molar-refractivity contribution in [2.24, 2.45) is 5.92 Å². The number of carbonyl (C=O) groups excluding carboxylic acids is 2. The molecule has 108 valence electrons. The Bertz CT molecular complexity index is 521. The van der Waals surface area contributed by atoms with Crippen LogP contribution in [0.2, 0.25) is 0 Å². The highest BCUT2D eigenvalue weighted by molar-refractivity contribution is 5.97. The van der Waals surface area contributed by atoms with E-state index in [1.165, 1.54) is 0 Å². The van der Waals surface area contributed by atoms with Crippen molar-refractivity contribution in [3.63, 3.8) is 0 Å². The predicted molar refractivity (Wildman–Crippen MR) is 74.1 cm³/mol. The van der Waals surface area contributed by atoms with E-state index in [0.29, 0.717) is 12.4 Å². The highest BCUT2D eigenvalue weighted by Gasteiger charge is 2.40. The molecule has 1 saturated heterocycles. The van der Waals surface area contributed by atoms with Crippen molar-refractivity contribution < 1.29 is 9.59 Å². The molecule has 2 N–H and O–H groups in total. The lowest BCUT2D eigenvalue weighted by molar-refractivity contribution is -0.137. The van der Waals surface area contributed by atoms with Gasteiger partial charge in [0.15, 0.2) is 0 Å². The highest BCUT2D eigenvalue weighted by atomic mass is 16.2. The van der Waals surface area contributed by atoms with Crippen LogP contribution in [0.1, 0.15) is 38.2 Å². The monoisotopic (exact) mass is 276 g/mol. The maximum Gasteiger partial charge on any atom is 0.248 e. The number of hydrogen-bond donors (Lipinski definition) is 2. The summed E-state index contributed by atoms with van der Waals surface area (Å²) in [6.45, 7) is 2.72. The zero-order valence-electron chi connectivity index (χ0n) is 11.7. The number of likely N-dealkylation sites (tertiary alicyclic amines) is 1. The summed E-state index contributed by atoms with van der Waals surface area (Å²) in [5.74, 6) is 0.878. The van der Waals surface area contributed by atoms with E-state index in [9.17, 15) is 9.59 Å². The molecule has 6 heteroatoms. The normalized spacial score (nSPS) is 22.1. The maximum atomic E-state index is 12.4. The number of amides is 2. The van der Waals surface area contributed by atoms with Crippen molar-refractivity contribution in [3.05, 3.63) is 11.8 Å². The number of aromatic nitrogens is 2. The Kier molecular flexibility index (Phi) is 3.46. The molecule has 1 aromatic rings. The van der Waals surface area contributed by atoms with Gasteiger partial charge in [0.05, 0.1) is 6.20 Å². The molecule has 0 spiro atoms. The molecule has 2 amide bonds. The van der Waals surface area contributed by atoms with Crippen LogP contribution < -0.4 is 5.32 Å². The van der Waals surface area contributed by atoms with E-state index < -0.39 is 0 Å². The van der Waals surface area contributed by atoms with Gasteiger partial charge in [0.1, 0.15) is 11.9 Å². The number of hydrogen-bond acceptors (Lipinski definition) is 3. The SMILES string of the molecule is CCc1cn[nH]c1NC(=O)C1CCCN1C(=O)C1CC1. The minimum atomic E-state index is -0.323. The molecule has 1 aliphatic heterocycles. The van der Waals surface area contributed by atoms with E-state index in [4.69, 9.17) is 0 Å². The molecule has 0 radical (unpaired) electrons. The van der Waals surface area contributed by atoms with Gasteiger partial charge in [-0.3, -0.25) is 14.7 Å². The van der Waals surface area contributed by atoms with Gasteiger partial charge in [-0.05, 0) is 32.1 Å². The summed E-state index contributed by atoms with van der Waals surface area (Å²) < 4.78 is 0. The number of aromatic amines is 1. The second-order valence-electron chi connectivity index (χ2n) is 5.58. The Morgan fingerprint density at radius 3 is 2.95 bits per heavy atom. The molecule has 3 rings (SSSR count). The van der Waals surface area contributed by atoms with Gasteiger partial charge in [0, 0.05) is 18.0 Å². The highest BCUT2D eigenvalue weighted by Crippen LogP contribution is 2.33. The van der Waals surface area contributed by atoms with E-state index in [0.717, 1.165) is 37.7 Å². The molecule has 1 atom stereocenters. The smallest absolute Gasteiger partial charge is 0.248 e. The van der Waals surface area contributed by atoms with Crippen molar-refractivity contribution in [1.82, 2.24) is 15.1 Å². The number of H-pyrrole nitrogens is 1. The Balaban J connectivity index is 1.68. The van der Waals surface area contributed by atoms with E-state index in [2.05, 4.69) is 15.5 Å². The molecule has 1 aliphatic carbocycles. The van der Waals surface area contributed by atoms with Crippen molar-refractivity contribution in [1.29, 1.82) is 0 Å². The fourth-order valence-corrected chi connectivity index (χ4v) is 2.76. The number of nitrogens with zero attached hydrogens (tertiary/aromatic N) is 2. The molecule has 2 heterocycles. The summed E-state index contributed by atoms with van der Waals surface area (Å²) in [5, 5.41) is 9.63. The number of carbonyl (C=O) groups is 2. The van der Waals surface area contributed by atoms with Gasteiger partial charge in [-0.25, -0.2) is 0 Å². The van der Waals surface area contributed by atoms with Crippen molar-refractivity contribution >= 4 is 17.6 Å². The summed E-state index contributed by atoms with van der Waals surface area (Å²) in [4.78, 5) is 26.3. The molecule has 1 aromatic heterocycles. The lowest BCUT2D eigenvalue weighted by atomic mass is 10.2. The van der Waals surface area contributed by atoms with Crippen LogP contribution in [0, 0.1) is 5.92 Å². The van der Waals surface area contributed by atoms with Gasteiger partial charge in [-0.15, -0.1) is 0 Å². The van der Waals surface area contributed by atoms with E-state index in [-0.39, 0.29) is 23.8 Å². The second kappa shape index (κ2) is 5.26. The Morgan fingerprint density at radius 1 is 1.45 bits per heavy atom. The maximum absolute atomic E-state index is 12.4. The Morgan fingerprint density at radius 2 is 2.25 bits per heavy atom. The molecule has 0 bridgehead atoms. The van der Waals surface area contributed by atoms with Crippen LogP contribution in [-0.4, -0.2) is 39.5 Å². The third kappa shape index (κ3) is 2.42. The zero-order valence-corrected chi connectivity index (χ0v) is 11.7. The first-order chi connectivity index (χ1) is 9.70. The third-order valence-corrected chi connectivity index (χ3v) is 4.11. The summed E-state index contributed by atoms with van der Waals surface area (Å²) in [6, 6.07) is -0.323. The lowest BCUT2D eigenvalue weighted by Gasteiger charge is -2.23. The molecule has 2 fully saturated rings. The van der Waals surface area contributed by atoms with Gasteiger partial charge in [0.25, 0.3) is 0 Å². The standard InChI is InChI=1S/C14H20N4O2/c1-2-9-8-15-17-12(9)16-13(19)11-4-3-7-18(11)14(20)10-5-6-10/h8,10-11H,2-7H2,1H3,(H2,15,16,17,19). The van der Waals surface area contributed by atoms with Crippen LogP contribution in [0.5, 0.6) is 0 Å². The minimum Gasteiger partial charge on any atom is -0.330 e. The molecular formula is C14H20N4O2. The molecule has 1 saturated carbocycles. The van der Waals surface area contributed by atoms with E-state index in [1.54, 1.807) is 11.1 Å². The van der Waals surface area contributed by atoms with Gasteiger partial charge in [0.2, 0.25) is 11.8 Å². The van der Waals surface area contributed by atoms with Crippen LogP contribution in [-0.2, 0) is 16.0 Å². The van der Waals surface area contributed by atoms with Gasteiger partial charge in [-0.2, -0.15) is 5.10 Å². The fourth-order valence-electron chi connectivity index (χ4n) is 2.76. The van der Waals surface area contributed by atoms with E-state index >= 15 is 0 Å². The van der Waals surface area contributed by atoms with Crippen LogP contribution in [0.25, 0.3) is 0 Å². The average molecular weight is 276 g/mol. The van der Waals surface area contributed by atoms with Crippen molar-refractivity contribution in [2.45, 2.75) is 45.1 Å². The quantitative estimate of drug-likeness (QED) is 0.870. The fraction of sp³-hybridized carbons (Fsp3) is 0.643. The van der Waals surface area contributed by atoms with Crippen LogP contribution in [0.15, 0.2) is 6.20 Å². The third-order valence-electron chi connectivity index (χ3n) is 4.11. The predicted octanol–water partition coefficient (Wildman–Crippen LogP) is 1.31. The minimum absolute atomic E-state index is 0.101. The van der Waals surface area contributed by atoms with Crippen LogP contribution >= 0.6 is 0 Å².